The second-order valence-corrected chi connectivity index (χ2v) is 3.31. The molecule has 0 N–H and O–H groups in total. The van der Waals surface area contributed by atoms with Crippen LogP contribution in [0.5, 0.6) is 0 Å². The van der Waals surface area contributed by atoms with E-state index in [2.05, 4.69) is 4.98 Å². The summed E-state index contributed by atoms with van der Waals surface area (Å²) in [5.41, 5.74) is -0.349. The van der Waals surface area contributed by atoms with E-state index in [1.807, 2.05) is 22.6 Å². The Morgan fingerprint density at radius 2 is 2.09 bits per heavy atom. The summed E-state index contributed by atoms with van der Waals surface area (Å²) in [5, 5.41) is 0.0143. The predicted octanol–water partition coefficient (Wildman–Crippen LogP) is 3.28. The quantitative estimate of drug-likeness (QED) is 0.571. The van der Waals surface area contributed by atoms with Crippen LogP contribution in [0.25, 0.3) is 0 Å². The third-order valence-electron chi connectivity index (χ3n) is 1.05. The summed E-state index contributed by atoms with van der Waals surface area (Å²) in [7, 11) is 0. The number of hydrogen-bond donors (Lipinski definition) is 0. The van der Waals surface area contributed by atoms with Gasteiger partial charge in [0.2, 0.25) is 0 Å². The van der Waals surface area contributed by atoms with Crippen molar-refractivity contribution in [3.05, 3.63) is 26.5 Å². The van der Waals surface area contributed by atoms with Gasteiger partial charge < -0.3 is 0 Å². The average molecular weight is 289 g/mol. The molecule has 1 rings (SSSR count). The number of rotatable bonds is 1. The van der Waals surface area contributed by atoms with Crippen LogP contribution in [0.3, 0.4) is 0 Å². The van der Waals surface area contributed by atoms with Crippen LogP contribution in [-0.2, 0) is 0 Å². The van der Waals surface area contributed by atoms with Crippen molar-refractivity contribution in [3.63, 3.8) is 0 Å². The number of nitrogens with zero attached hydrogens (tertiary/aromatic N) is 1. The van der Waals surface area contributed by atoms with E-state index >= 15 is 0 Å². The molecule has 0 bridgehead atoms. The van der Waals surface area contributed by atoms with E-state index in [1.54, 1.807) is 6.07 Å². The van der Waals surface area contributed by atoms with Crippen LogP contribution in [0.1, 0.15) is 12.1 Å². The first-order chi connectivity index (χ1) is 5.11. The maximum atomic E-state index is 12.1. The molecule has 0 aliphatic heterocycles. The van der Waals surface area contributed by atoms with E-state index in [0.717, 1.165) is 0 Å². The number of halogens is 4. The maximum Gasteiger partial charge on any atom is 0.281 e. The van der Waals surface area contributed by atoms with Crippen LogP contribution in [0.4, 0.5) is 8.78 Å². The first-order valence-electron chi connectivity index (χ1n) is 2.71. The van der Waals surface area contributed by atoms with Crippen molar-refractivity contribution in [2.24, 2.45) is 0 Å². The molecule has 1 nitrogen and oxygen atoms in total. The van der Waals surface area contributed by atoms with Crippen LogP contribution < -0.4 is 0 Å². The van der Waals surface area contributed by atoms with Gasteiger partial charge in [-0.05, 0) is 34.7 Å². The fraction of sp³-hybridized carbons (Fsp3) is 0.167. The van der Waals surface area contributed by atoms with Gasteiger partial charge in [0.05, 0.1) is 5.02 Å². The Morgan fingerprint density at radius 1 is 1.45 bits per heavy atom. The Bertz CT molecular complexity index is 267. The molecular weight excluding hydrogens is 286 g/mol. The van der Waals surface area contributed by atoms with E-state index in [-0.39, 0.29) is 10.7 Å². The molecule has 0 amide bonds. The Labute approximate surface area is 80.9 Å². The van der Waals surface area contributed by atoms with E-state index < -0.39 is 6.43 Å². The Hall–Kier alpha value is 0.0300. The predicted molar refractivity (Wildman–Crippen MR) is 46.9 cm³/mol. The van der Waals surface area contributed by atoms with Crippen molar-refractivity contribution < 1.29 is 8.78 Å². The molecule has 1 heterocycles. The topological polar surface area (TPSA) is 12.9 Å². The van der Waals surface area contributed by atoms with Crippen molar-refractivity contribution in [2.75, 3.05) is 0 Å². The fourth-order valence-electron chi connectivity index (χ4n) is 0.586. The molecule has 0 fully saturated rings. The van der Waals surface area contributed by atoms with Gasteiger partial charge in [-0.15, -0.1) is 0 Å². The van der Waals surface area contributed by atoms with Crippen LogP contribution in [0.15, 0.2) is 12.1 Å². The van der Waals surface area contributed by atoms with E-state index in [1.165, 1.54) is 6.07 Å². The molecule has 0 radical (unpaired) electrons. The van der Waals surface area contributed by atoms with Crippen LogP contribution in [0, 0.1) is 3.70 Å². The molecule has 0 saturated heterocycles. The summed E-state index contributed by atoms with van der Waals surface area (Å²) in [6.45, 7) is 0. The highest BCUT2D eigenvalue weighted by molar-refractivity contribution is 14.1. The van der Waals surface area contributed by atoms with Gasteiger partial charge >= 0.3 is 0 Å². The lowest BCUT2D eigenvalue weighted by Crippen LogP contribution is -1.92. The van der Waals surface area contributed by atoms with Crippen LogP contribution in [-0.4, -0.2) is 4.98 Å². The first kappa shape index (κ1) is 9.12. The number of alkyl halides is 2. The minimum atomic E-state index is -2.60. The molecule has 11 heavy (non-hydrogen) atoms. The zero-order valence-electron chi connectivity index (χ0n) is 5.19. The van der Waals surface area contributed by atoms with E-state index in [9.17, 15) is 8.78 Å². The van der Waals surface area contributed by atoms with Crippen LogP contribution in [0.2, 0.25) is 5.02 Å². The molecule has 0 aliphatic rings. The summed E-state index contributed by atoms with van der Waals surface area (Å²) in [4.78, 5) is 3.58. The SMILES string of the molecule is FC(F)c1nc(I)ccc1Cl. The molecule has 0 unspecified atom stereocenters. The summed E-state index contributed by atoms with van der Waals surface area (Å²) in [6, 6.07) is 2.99. The smallest absolute Gasteiger partial charge is 0.239 e. The number of aromatic nitrogens is 1. The Balaban J connectivity index is 3.13. The molecule has 0 saturated carbocycles. The largest absolute Gasteiger partial charge is 0.281 e. The van der Waals surface area contributed by atoms with Crippen molar-refractivity contribution in [3.8, 4) is 0 Å². The van der Waals surface area contributed by atoms with Gasteiger partial charge in [-0.3, -0.25) is 0 Å². The second kappa shape index (κ2) is 3.62. The molecule has 5 heteroatoms. The standard InChI is InChI=1S/C6H3ClF2IN/c7-3-1-2-4(10)11-5(3)6(8)9/h1-2,6H. The van der Waals surface area contributed by atoms with Gasteiger partial charge in [-0.25, -0.2) is 13.8 Å². The number of hydrogen-bond acceptors (Lipinski definition) is 1. The Kier molecular flexibility index (Phi) is 3.00. The lowest BCUT2D eigenvalue weighted by atomic mass is 10.4. The highest BCUT2D eigenvalue weighted by atomic mass is 127. The van der Waals surface area contributed by atoms with Gasteiger partial charge in [-0.2, -0.15) is 0 Å². The zero-order chi connectivity index (χ0) is 8.43. The molecule has 0 aliphatic carbocycles. The summed E-state index contributed by atoms with van der Waals surface area (Å²) in [6.07, 6.45) is -2.60. The lowest BCUT2D eigenvalue weighted by Gasteiger charge is -2.00. The minimum absolute atomic E-state index is 0.0143. The van der Waals surface area contributed by atoms with Crippen molar-refractivity contribution >= 4 is 34.2 Å². The average Bonchev–Trinajstić information content (AvgIpc) is 1.94. The normalized spacial score (nSPS) is 10.6. The molecular formula is C6H3ClF2IN. The van der Waals surface area contributed by atoms with Crippen molar-refractivity contribution in [1.82, 2.24) is 4.98 Å². The Morgan fingerprint density at radius 3 is 2.55 bits per heavy atom. The monoisotopic (exact) mass is 289 g/mol. The van der Waals surface area contributed by atoms with Crippen molar-refractivity contribution in [1.29, 1.82) is 0 Å². The second-order valence-electron chi connectivity index (χ2n) is 1.80. The third-order valence-corrected chi connectivity index (χ3v) is 1.97. The highest BCUT2D eigenvalue weighted by Gasteiger charge is 2.13. The molecule has 1 aromatic heterocycles. The molecule has 60 valence electrons. The first-order valence-corrected chi connectivity index (χ1v) is 4.17. The number of pyridine rings is 1. The molecule has 0 aromatic carbocycles. The van der Waals surface area contributed by atoms with Crippen LogP contribution >= 0.6 is 34.2 Å². The van der Waals surface area contributed by atoms with Gasteiger partial charge in [0.25, 0.3) is 6.43 Å². The van der Waals surface area contributed by atoms with Gasteiger partial charge in [0, 0.05) is 0 Å². The van der Waals surface area contributed by atoms with Crippen molar-refractivity contribution in [2.45, 2.75) is 6.43 Å². The van der Waals surface area contributed by atoms with Gasteiger partial charge in [0.15, 0.2) is 0 Å². The summed E-state index contributed by atoms with van der Waals surface area (Å²) in [5.74, 6) is 0. The minimum Gasteiger partial charge on any atom is -0.239 e. The van der Waals surface area contributed by atoms with Gasteiger partial charge in [-0.1, -0.05) is 11.6 Å². The molecule has 0 atom stereocenters. The highest BCUT2D eigenvalue weighted by Crippen LogP contribution is 2.25. The lowest BCUT2D eigenvalue weighted by molar-refractivity contribution is 0.146. The fourth-order valence-corrected chi connectivity index (χ4v) is 1.21. The summed E-state index contributed by atoms with van der Waals surface area (Å²) >= 11 is 7.30. The zero-order valence-corrected chi connectivity index (χ0v) is 8.10. The summed E-state index contributed by atoms with van der Waals surface area (Å²) < 4.78 is 24.6. The maximum absolute atomic E-state index is 12.1. The van der Waals surface area contributed by atoms with Gasteiger partial charge in [0.1, 0.15) is 9.39 Å². The molecule has 0 spiro atoms. The van der Waals surface area contributed by atoms with E-state index in [4.69, 9.17) is 11.6 Å². The third kappa shape index (κ3) is 2.23. The van der Waals surface area contributed by atoms with E-state index in [0.29, 0.717) is 3.70 Å². The molecule has 1 aromatic rings.